The van der Waals surface area contributed by atoms with Gasteiger partial charge in [0.1, 0.15) is 6.61 Å². The van der Waals surface area contributed by atoms with Crippen molar-refractivity contribution in [2.24, 2.45) is 11.7 Å². The van der Waals surface area contributed by atoms with E-state index in [2.05, 4.69) is 17.6 Å². The minimum atomic E-state index is -1.02. The molecule has 0 saturated carbocycles. The van der Waals surface area contributed by atoms with Crippen molar-refractivity contribution >= 4 is 39.2 Å². The van der Waals surface area contributed by atoms with E-state index in [-0.39, 0.29) is 24.2 Å². The molecule has 0 aromatic carbocycles. The highest BCUT2D eigenvalue weighted by Crippen LogP contribution is 2.50. The number of allylic oxidation sites excluding steroid dienone is 2. The third-order valence-corrected chi connectivity index (χ3v) is 8.26. The van der Waals surface area contributed by atoms with Gasteiger partial charge in [-0.3, -0.25) is 14.9 Å². The molecule has 3 atom stereocenters. The monoisotopic (exact) mass is 456 g/mol. The van der Waals surface area contributed by atoms with Crippen molar-refractivity contribution in [3.63, 3.8) is 0 Å². The van der Waals surface area contributed by atoms with Crippen LogP contribution in [-0.2, 0) is 19.1 Å². The number of carbonyl (C=O) groups excluding carboxylic acids is 3. The summed E-state index contributed by atoms with van der Waals surface area (Å²) in [6, 6.07) is -0.214. The molecule has 0 bridgehead atoms. The number of hydrogen-bond donors (Lipinski definition) is 3. The number of methoxy groups -OCH3 is 1. The van der Waals surface area contributed by atoms with Crippen molar-refractivity contribution < 1.29 is 23.9 Å². The van der Waals surface area contributed by atoms with E-state index in [9.17, 15) is 14.4 Å². The summed E-state index contributed by atoms with van der Waals surface area (Å²) in [5, 5.41) is 6.42. The lowest BCUT2D eigenvalue weighted by Gasteiger charge is -2.39. The molecule has 2 heterocycles. The van der Waals surface area contributed by atoms with Gasteiger partial charge in [-0.1, -0.05) is 28.5 Å². The van der Waals surface area contributed by atoms with Crippen LogP contribution in [0.5, 0.6) is 0 Å². The summed E-state index contributed by atoms with van der Waals surface area (Å²) in [6.07, 6.45) is -0.939. The highest BCUT2D eigenvalue weighted by molar-refractivity contribution is 8.76. The van der Waals surface area contributed by atoms with Crippen molar-refractivity contribution in [3.05, 3.63) is 22.5 Å². The molecule has 166 valence electrons. The molecule has 0 unspecified atom stereocenters. The Labute approximate surface area is 183 Å². The Morgan fingerprint density at radius 1 is 1.37 bits per heavy atom. The molecule has 0 aromatic heterocycles. The third kappa shape index (κ3) is 3.61. The zero-order valence-corrected chi connectivity index (χ0v) is 19.2. The molecule has 3 aliphatic rings. The van der Waals surface area contributed by atoms with Gasteiger partial charge in [0.05, 0.1) is 30.0 Å². The van der Waals surface area contributed by atoms with E-state index in [1.54, 1.807) is 33.4 Å². The van der Waals surface area contributed by atoms with Crippen LogP contribution in [0.3, 0.4) is 0 Å². The maximum absolute atomic E-state index is 13.5. The van der Waals surface area contributed by atoms with Crippen molar-refractivity contribution in [2.75, 3.05) is 38.4 Å². The number of fused-ring (bicyclic) bond motifs is 2. The van der Waals surface area contributed by atoms with E-state index < -0.39 is 17.7 Å². The Morgan fingerprint density at radius 3 is 2.73 bits per heavy atom. The number of hydrogen-bond acceptors (Lipinski definition) is 10. The van der Waals surface area contributed by atoms with E-state index in [0.29, 0.717) is 35.8 Å². The molecule has 9 nitrogen and oxygen atoms in total. The lowest BCUT2D eigenvalue weighted by molar-refractivity contribution is -0.137. The van der Waals surface area contributed by atoms with E-state index in [1.165, 1.54) is 7.11 Å². The maximum atomic E-state index is 13.5. The molecule has 0 radical (unpaired) electrons. The van der Waals surface area contributed by atoms with E-state index in [1.807, 2.05) is 6.92 Å². The summed E-state index contributed by atoms with van der Waals surface area (Å²) < 4.78 is 11.0. The topological polar surface area (TPSA) is 123 Å². The van der Waals surface area contributed by atoms with E-state index in [4.69, 9.17) is 15.2 Å². The fourth-order valence-electron chi connectivity index (χ4n) is 4.47. The molecule has 0 spiro atoms. The van der Waals surface area contributed by atoms with Gasteiger partial charge in [0.15, 0.2) is 5.72 Å². The average Bonchev–Trinajstić information content (AvgIpc) is 3.19. The number of nitrogens with one attached hydrogen (secondary N) is 2. The van der Waals surface area contributed by atoms with Crippen LogP contribution in [0.25, 0.3) is 0 Å². The van der Waals surface area contributed by atoms with Crippen LogP contribution in [0.2, 0.25) is 0 Å². The highest BCUT2D eigenvalue weighted by atomic mass is 33.1. The number of amides is 1. The van der Waals surface area contributed by atoms with Crippen molar-refractivity contribution in [2.45, 2.75) is 32.5 Å². The van der Waals surface area contributed by atoms with E-state index in [0.717, 1.165) is 11.5 Å². The number of carbonyl (C=O) groups is 3. The third-order valence-electron chi connectivity index (χ3n) is 5.78. The summed E-state index contributed by atoms with van der Waals surface area (Å²) >= 11 is 0. The summed E-state index contributed by atoms with van der Waals surface area (Å²) in [5.74, 6) is 0.670. The predicted octanol–water partition coefficient (Wildman–Crippen LogP) is 0.976. The zero-order chi connectivity index (χ0) is 22.1. The number of primary amides is 1. The minimum absolute atomic E-state index is 0.154. The lowest BCUT2D eigenvalue weighted by Crippen LogP contribution is -2.55. The van der Waals surface area contributed by atoms with Gasteiger partial charge in [0, 0.05) is 36.3 Å². The molecule has 2 aliphatic heterocycles. The van der Waals surface area contributed by atoms with Gasteiger partial charge in [-0.25, -0.2) is 4.79 Å². The van der Waals surface area contributed by atoms with Crippen molar-refractivity contribution in [1.82, 2.24) is 15.5 Å². The first kappa shape index (κ1) is 23.0. The van der Waals surface area contributed by atoms with Crippen LogP contribution in [0.1, 0.15) is 20.8 Å². The number of ketones is 2. The van der Waals surface area contributed by atoms with Gasteiger partial charge < -0.3 is 25.4 Å². The summed E-state index contributed by atoms with van der Waals surface area (Å²) in [7, 11) is 4.98. The SMILES string of the molecule is CCSSCCNC1=C(C)C(=O)C2=C(C1=O)[C@@H](COC(N)=O)[C@@]1(OC)[C@H](C)NCN21. The molecule has 4 N–H and O–H groups in total. The largest absolute Gasteiger partial charge is 0.449 e. The van der Waals surface area contributed by atoms with Crippen LogP contribution in [0.15, 0.2) is 22.5 Å². The highest BCUT2D eigenvalue weighted by Gasteiger charge is 2.63. The molecule has 11 heteroatoms. The number of Topliss-reactive ketones (excluding diaryl/α,β-unsaturated/α-hetero) is 2. The fourth-order valence-corrected chi connectivity index (χ4v) is 6.04. The Hall–Kier alpha value is -1.69. The molecule has 30 heavy (non-hydrogen) atoms. The Kier molecular flexibility index (Phi) is 7.05. The second-order valence-electron chi connectivity index (χ2n) is 7.23. The number of ether oxygens (including phenoxy) is 2. The Balaban J connectivity index is 1.94. The summed E-state index contributed by atoms with van der Waals surface area (Å²) in [5.41, 5.74) is 5.49. The second-order valence-corrected chi connectivity index (χ2v) is 10.1. The smallest absolute Gasteiger partial charge is 0.404 e. The molecular weight excluding hydrogens is 428 g/mol. The first-order valence-corrected chi connectivity index (χ1v) is 12.3. The number of nitrogens with two attached hydrogens (primary N) is 1. The van der Waals surface area contributed by atoms with Crippen molar-refractivity contribution in [3.8, 4) is 0 Å². The minimum Gasteiger partial charge on any atom is -0.449 e. The standard InChI is InChI=1S/C19H28N4O5S2/c1-5-29-30-7-6-21-14-10(2)16(24)15-13(17(14)25)12(8-28-18(20)26)19(27-4)11(3)22-9-23(15)19/h11-12,21-22H,5-9H2,1-4H3,(H2,20,26)/t11-,12+,19-/m0/s1. The van der Waals surface area contributed by atoms with Crippen LogP contribution >= 0.6 is 21.6 Å². The first-order valence-electron chi connectivity index (χ1n) is 9.82. The summed E-state index contributed by atoms with van der Waals surface area (Å²) in [6.45, 7) is 6.41. The normalized spacial score (nSPS) is 28.2. The maximum Gasteiger partial charge on any atom is 0.404 e. The quantitative estimate of drug-likeness (QED) is 0.263. The van der Waals surface area contributed by atoms with Gasteiger partial charge >= 0.3 is 6.09 Å². The Bertz CT molecular complexity index is 815. The first-order chi connectivity index (χ1) is 14.3. The molecule has 1 fully saturated rings. The average molecular weight is 457 g/mol. The molecule has 1 aliphatic carbocycles. The number of rotatable bonds is 9. The molecule has 1 amide bonds. The van der Waals surface area contributed by atoms with Crippen LogP contribution in [0.4, 0.5) is 4.79 Å². The molecular formula is C19H28N4O5S2. The summed E-state index contributed by atoms with van der Waals surface area (Å²) in [4.78, 5) is 39.9. The van der Waals surface area contributed by atoms with Gasteiger partial charge in [0.2, 0.25) is 11.6 Å². The molecule has 1 saturated heterocycles. The van der Waals surface area contributed by atoms with Crippen LogP contribution < -0.4 is 16.4 Å². The lowest BCUT2D eigenvalue weighted by atomic mass is 9.81. The zero-order valence-electron chi connectivity index (χ0n) is 17.6. The van der Waals surface area contributed by atoms with Gasteiger partial charge in [0.25, 0.3) is 0 Å². The second kappa shape index (κ2) is 9.21. The van der Waals surface area contributed by atoms with Gasteiger partial charge in [-0.15, -0.1) is 0 Å². The molecule has 0 aromatic rings. The molecule has 3 rings (SSSR count). The van der Waals surface area contributed by atoms with Gasteiger partial charge in [-0.05, 0) is 13.8 Å². The van der Waals surface area contributed by atoms with Crippen LogP contribution in [0, 0.1) is 5.92 Å². The van der Waals surface area contributed by atoms with Gasteiger partial charge in [-0.2, -0.15) is 0 Å². The fraction of sp³-hybridized carbons (Fsp3) is 0.632. The number of nitrogens with zero attached hydrogens (tertiary/aromatic N) is 1. The Morgan fingerprint density at radius 2 is 2.10 bits per heavy atom. The van der Waals surface area contributed by atoms with Crippen molar-refractivity contribution in [1.29, 1.82) is 0 Å². The van der Waals surface area contributed by atoms with Crippen LogP contribution in [-0.4, -0.2) is 72.8 Å². The van der Waals surface area contributed by atoms with E-state index >= 15 is 0 Å². The predicted molar refractivity (Wildman–Crippen MR) is 116 cm³/mol.